The van der Waals surface area contributed by atoms with Gasteiger partial charge in [0.05, 0.1) is 6.61 Å². The summed E-state index contributed by atoms with van der Waals surface area (Å²) >= 11 is 0. The molecule has 0 spiro atoms. The largest absolute Gasteiger partial charge is 0.381 e. The van der Waals surface area contributed by atoms with Gasteiger partial charge in [0.15, 0.2) is 5.96 Å². The molecule has 0 saturated carbocycles. The molecule has 3 heterocycles. The molecule has 3 saturated heterocycles. The molecule has 7 nitrogen and oxygen atoms in total. The van der Waals surface area contributed by atoms with Crippen LogP contribution >= 0.6 is 0 Å². The van der Waals surface area contributed by atoms with E-state index in [4.69, 9.17) is 9.47 Å². The van der Waals surface area contributed by atoms with Gasteiger partial charge < -0.3 is 24.6 Å². The smallest absolute Gasteiger partial charge is 0.251 e. The lowest BCUT2D eigenvalue weighted by atomic mass is 9.90. The Hall–Kier alpha value is -1.34. The fraction of sp³-hybridized carbons (Fsp3) is 0.882. The highest BCUT2D eigenvalue weighted by Gasteiger charge is 2.32. The van der Waals surface area contributed by atoms with Gasteiger partial charge in [-0.25, -0.2) is 0 Å². The van der Waals surface area contributed by atoms with Crippen molar-refractivity contribution in [3.63, 3.8) is 0 Å². The van der Waals surface area contributed by atoms with E-state index < -0.39 is 0 Å². The van der Waals surface area contributed by atoms with Crippen molar-refractivity contribution in [1.29, 1.82) is 0 Å². The molecule has 2 atom stereocenters. The van der Waals surface area contributed by atoms with E-state index in [9.17, 15) is 4.79 Å². The summed E-state index contributed by atoms with van der Waals surface area (Å²) < 4.78 is 11.0. The van der Waals surface area contributed by atoms with Crippen molar-refractivity contribution in [2.24, 2.45) is 10.4 Å². The number of aliphatic imine (C=N–C) groups is 1. The van der Waals surface area contributed by atoms with E-state index in [2.05, 4.69) is 22.1 Å². The van der Waals surface area contributed by atoms with Crippen LogP contribution in [0.15, 0.2) is 4.99 Å². The van der Waals surface area contributed by atoms with Crippen molar-refractivity contribution in [2.75, 3.05) is 59.6 Å². The minimum absolute atomic E-state index is 0.158. The van der Waals surface area contributed by atoms with E-state index in [1.54, 1.807) is 0 Å². The normalized spacial score (nSPS) is 31.6. The summed E-state index contributed by atoms with van der Waals surface area (Å²) in [4.78, 5) is 21.0. The van der Waals surface area contributed by atoms with Crippen LogP contribution in [0.1, 0.15) is 26.2 Å². The molecule has 0 aliphatic carbocycles. The van der Waals surface area contributed by atoms with Crippen LogP contribution in [0.25, 0.3) is 0 Å². The predicted octanol–water partition coefficient (Wildman–Crippen LogP) is 0.312. The first-order valence-corrected chi connectivity index (χ1v) is 9.05. The third-order valence-electron chi connectivity index (χ3n) is 5.28. The Balaban J connectivity index is 1.46. The van der Waals surface area contributed by atoms with Crippen LogP contribution in [-0.2, 0) is 14.3 Å². The van der Waals surface area contributed by atoms with Gasteiger partial charge >= 0.3 is 0 Å². The molecule has 3 aliphatic rings. The van der Waals surface area contributed by atoms with Crippen LogP contribution in [0.2, 0.25) is 0 Å². The number of hydrogen-bond donors (Lipinski definition) is 1. The van der Waals surface area contributed by atoms with Crippen LogP contribution in [-0.4, -0.2) is 87.4 Å². The van der Waals surface area contributed by atoms with E-state index in [-0.39, 0.29) is 17.4 Å². The number of nitrogens with zero attached hydrogens (tertiary/aromatic N) is 3. The maximum Gasteiger partial charge on any atom is 0.251 e. The second-order valence-electron chi connectivity index (χ2n) is 7.33. The lowest BCUT2D eigenvalue weighted by molar-refractivity contribution is -0.142. The molecule has 0 radical (unpaired) electrons. The fourth-order valence-corrected chi connectivity index (χ4v) is 3.59. The minimum atomic E-state index is -0.212. The second-order valence-corrected chi connectivity index (χ2v) is 7.33. The lowest BCUT2D eigenvalue weighted by Gasteiger charge is -2.38. The van der Waals surface area contributed by atoms with E-state index in [0.29, 0.717) is 0 Å². The first-order valence-electron chi connectivity index (χ1n) is 9.05. The first kappa shape index (κ1) is 17.5. The zero-order valence-electron chi connectivity index (χ0n) is 14.9. The monoisotopic (exact) mass is 338 g/mol. The highest BCUT2D eigenvalue weighted by atomic mass is 16.5. The van der Waals surface area contributed by atoms with Gasteiger partial charge in [-0.1, -0.05) is 6.92 Å². The van der Waals surface area contributed by atoms with Gasteiger partial charge in [-0.2, -0.15) is 0 Å². The Kier molecular flexibility index (Phi) is 5.61. The van der Waals surface area contributed by atoms with Crippen molar-refractivity contribution >= 4 is 11.9 Å². The van der Waals surface area contributed by atoms with Crippen molar-refractivity contribution < 1.29 is 14.3 Å². The molecule has 1 amide bonds. The number of piperazine rings is 1. The van der Waals surface area contributed by atoms with Gasteiger partial charge in [0.25, 0.3) is 5.91 Å². The molecule has 3 aliphatic heterocycles. The van der Waals surface area contributed by atoms with Gasteiger partial charge in [0.1, 0.15) is 6.10 Å². The Morgan fingerprint density at radius 2 is 2.00 bits per heavy atom. The van der Waals surface area contributed by atoms with Gasteiger partial charge in [-0.05, 0) is 19.3 Å². The van der Waals surface area contributed by atoms with Crippen molar-refractivity contribution in [2.45, 2.75) is 32.3 Å². The summed E-state index contributed by atoms with van der Waals surface area (Å²) in [5, 5.41) is 3.49. The standard InChI is InChI=1S/C17H30N4O3/c1-17(5-11-23-13-17)12-19-16(18-2)21-8-6-20(7-9-21)15(22)14-4-3-10-24-14/h14H,3-13H2,1-2H3,(H,18,19). The van der Waals surface area contributed by atoms with Crippen LogP contribution in [0.3, 0.4) is 0 Å². The van der Waals surface area contributed by atoms with Gasteiger partial charge in [-0.3, -0.25) is 9.79 Å². The Bertz CT molecular complexity index is 462. The Labute approximate surface area is 144 Å². The number of nitrogens with one attached hydrogen (secondary N) is 1. The van der Waals surface area contributed by atoms with Crippen LogP contribution in [0.5, 0.6) is 0 Å². The van der Waals surface area contributed by atoms with E-state index in [1.807, 2.05) is 11.9 Å². The Morgan fingerprint density at radius 1 is 1.25 bits per heavy atom. The molecular formula is C17H30N4O3. The molecule has 0 aromatic heterocycles. The number of carbonyl (C=O) groups is 1. The average molecular weight is 338 g/mol. The van der Waals surface area contributed by atoms with E-state index >= 15 is 0 Å². The van der Waals surface area contributed by atoms with E-state index in [1.165, 1.54) is 0 Å². The minimum Gasteiger partial charge on any atom is -0.381 e. The summed E-state index contributed by atoms with van der Waals surface area (Å²) in [5.74, 6) is 1.08. The number of hydrogen-bond acceptors (Lipinski definition) is 4. The molecule has 0 bridgehead atoms. The van der Waals surface area contributed by atoms with Crippen LogP contribution in [0, 0.1) is 5.41 Å². The van der Waals surface area contributed by atoms with Crippen molar-refractivity contribution in [3.05, 3.63) is 0 Å². The van der Waals surface area contributed by atoms with Crippen molar-refractivity contribution in [3.8, 4) is 0 Å². The third kappa shape index (κ3) is 4.00. The van der Waals surface area contributed by atoms with E-state index in [0.717, 1.165) is 77.8 Å². The summed E-state index contributed by atoms with van der Waals surface area (Å²) in [5.41, 5.74) is 0.188. The highest BCUT2D eigenvalue weighted by molar-refractivity contribution is 5.82. The number of guanidine groups is 1. The topological polar surface area (TPSA) is 66.4 Å². The van der Waals surface area contributed by atoms with Gasteiger partial charge in [0.2, 0.25) is 0 Å². The SMILES string of the molecule is CN=C(NCC1(C)CCOC1)N1CCN(C(=O)C2CCCO2)CC1. The van der Waals surface area contributed by atoms with Crippen LogP contribution in [0.4, 0.5) is 0 Å². The molecular weight excluding hydrogens is 308 g/mol. The molecule has 0 aromatic carbocycles. The van der Waals surface area contributed by atoms with Crippen molar-refractivity contribution in [1.82, 2.24) is 15.1 Å². The number of carbonyl (C=O) groups excluding carboxylic acids is 1. The van der Waals surface area contributed by atoms with Crippen LogP contribution < -0.4 is 5.32 Å². The molecule has 136 valence electrons. The quantitative estimate of drug-likeness (QED) is 0.593. The molecule has 3 rings (SSSR count). The summed E-state index contributed by atoms with van der Waals surface area (Å²) in [6, 6.07) is 0. The van der Waals surface area contributed by atoms with Gasteiger partial charge in [0, 0.05) is 58.4 Å². The maximum absolute atomic E-state index is 12.4. The van der Waals surface area contributed by atoms with Gasteiger partial charge in [-0.15, -0.1) is 0 Å². The zero-order chi connectivity index (χ0) is 17.0. The Morgan fingerprint density at radius 3 is 2.58 bits per heavy atom. The molecule has 3 fully saturated rings. The first-order chi connectivity index (χ1) is 11.6. The fourth-order valence-electron chi connectivity index (χ4n) is 3.59. The third-order valence-corrected chi connectivity index (χ3v) is 5.28. The molecule has 1 N–H and O–H groups in total. The molecule has 0 aromatic rings. The number of ether oxygens (including phenoxy) is 2. The highest BCUT2D eigenvalue weighted by Crippen LogP contribution is 2.26. The predicted molar refractivity (Wildman–Crippen MR) is 92.0 cm³/mol. The number of rotatable bonds is 3. The second kappa shape index (κ2) is 7.70. The maximum atomic E-state index is 12.4. The zero-order valence-corrected chi connectivity index (χ0v) is 14.9. The molecule has 2 unspecified atom stereocenters. The summed E-state index contributed by atoms with van der Waals surface area (Å²) in [7, 11) is 1.82. The number of amides is 1. The molecule has 24 heavy (non-hydrogen) atoms. The average Bonchev–Trinajstić information content (AvgIpc) is 3.27. The summed E-state index contributed by atoms with van der Waals surface area (Å²) in [6.45, 7) is 8.58. The lowest BCUT2D eigenvalue weighted by Crippen LogP contribution is -2.56. The molecule has 7 heteroatoms. The summed E-state index contributed by atoms with van der Waals surface area (Å²) in [6.07, 6.45) is 2.73.